The Labute approximate surface area is 158 Å². The van der Waals surface area contributed by atoms with Gasteiger partial charge in [0.15, 0.2) is 0 Å². The number of hydrogen-bond donors (Lipinski definition) is 1. The Morgan fingerprint density at radius 1 is 1.12 bits per heavy atom. The standard InChI is InChI=1S/C21H27N3OS/c1-3-21(4-2,19-10-7-15-26-19)23-13-11-16(12-14-23)24-18-9-6-5-8-17(18)22-20(24)25/h5-10,15-16H,3-4,11-14H2,1-2H3,(H,22,25). The number of benzene rings is 1. The molecule has 1 fully saturated rings. The first kappa shape index (κ1) is 17.6. The Morgan fingerprint density at radius 3 is 2.50 bits per heavy atom. The Bertz CT molecular complexity index is 912. The Morgan fingerprint density at radius 2 is 1.85 bits per heavy atom. The van der Waals surface area contributed by atoms with Gasteiger partial charge in [0.1, 0.15) is 0 Å². The second-order valence-electron chi connectivity index (χ2n) is 7.25. The van der Waals surface area contributed by atoms with Gasteiger partial charge in [-0.25, -0.2) is 4.79 Å². The summed E-state index contributed by atoms with van der Waals surface area (Å²) < 4.78 is 1.98. The van der Waals surface area contributed by atoms with Crippen LogP contribution in [0.2, 0.25) is 0 Å². The summed E-state index contributed by atoms with van der Waals surface area (Å²) in [5.74, 6) is 0. The number of aromatic amines is 1. The Kier molecular flexibility index (Phi) is 4.76. The zero-order valence-corrected chi connectivity index (χ0v) is 16.4. The van der Waals surface area contributed by atoms with Crippen LogP contribution in [0.15, 0.2) is 46.6 Å². The molecule has 0 atom stereocenters. The summed E-state index contributed by atoms with van der Waals surface area (Å²) >= 11 is 1.87. The minimum Gasteiger partial charge on any atom is -0.306 e. The fraction of sp³-hybridized carbons (Fsp3) is 0.476. The molecule has 0 saturated carbocycles. The summed E-state index contributed by atoms with van der Waals surface area (Å²) in [7, 11) is 0. The second kappa shape index (κ2) is 7.05. The number of likely N-dealkylation sites (tertiary alicyclic amines) is 1. The zero-order chi connectivity index (χ0) is 18.1. The molecule has 1 aliphatic rings. The van der Waals surface area contributed by atoms with E-state index in [1.807, 2.05) is 40.2 Å². The number of nitrogens with one attached hydrogen (secondary N) is 1. The van der Waals surface area contributed by atoms with Crippen LogP contribution in [0.1, 0.15) is 50.4 Å². The molecule has 0 amide bonds. The lowest BCUT2D eigenvalue weighted by molar-refractivity contribution is 0.0439. The number of thiophene rings is 1. The molecule has 1 aromatic carbocycles. The first-order valence-electron chi connectivity index (χ1n) is 9.68. The lowest BCUT2D eigenvalue weighted by Crippen LogP contribution is -2.49. The van der Waals surface area contributed by atoms with E-state index in [9.17, 15) is 4.79 Å². The predicted molar refractivity (Wildman–Crippen MR) is 109 cm³/mol. The van der Waals surface area contributed by atoms with E-state index in [2.05, 4.69) is 41.2 Å². The van der Waals surface area contributed by atoms with Crippen molar-refractivity contribution in [2.24, 2.45) is 0 Å². The molecule has 0 unspecified atom stereocenters. The molecule has 4 rings (SSSR count). The second-order valence-corrected chi connectivity index (χ2v) is 8.20. The summed E-state index contributed by atoms with van der Waals surface area (Å²) in [6.07, 6.45) is 4.30. The first-order valence-corrected chi connectivity index (χ1v) is 10.6. The topological polar surface area (TPSA) is 41.0 Å². The van der Waals surface area contributed by atoms with E-state index in [4.69, 9.17) is 0 Å². The van der Waals surface area contributed by atoms with Gasteiger partial charge in [0.25, 0.3) is 0 Å². The van der Waals surface area contributed by atoms with E-state index < -0.39 is 0 Å². The molecular weight excluding hydrogens is 342 g/mol. The number of imidazole rings is 1. The van der Waals surface area contributed by atoms with Crippen molar-refractivity contribution in [1.82, 2.24) is 14.5 Å². The van der Waals surface area contributed by atoms with Crippen molar-refractivity contribution in [3.8, 4) is 0 Å². The van der Waals surface area contributed by atoms with Gasteiger partial charge in [-0.3, -0.25) is 9.47 Å². The molecule has 3 aromatic rings. The third-order valence-electron chi connectivity index (χ3n) is 6.21. The van der Waals surface area contributed by atoms with Gasteiger partial charge in [0.05, 0.1) is 16.6 Å². The maximum Gasteiger partial charge on any atom is 0.326 e. The van der Waals surface area contributed by atoms with Crippen LogP contribution in [0, 0.1) is 0 Å². The number of rotatable bonds is 5. The number of H-pyrrole nitrogens is 1. The first-order chi connectivity index (χ1) is 12.7. The molecular formula is C21H27N3OS. The summed E-state index contributed by atoms with van der Waals surface area (Å²) in [5, 5.41) is 2.19. The van der Waals surface area contributed by atoms with Gasteiger partial charge in [-0.05, 0) is 49.3 Å². The summed E-state index contributed by atoms with van der Waals surface area (Å²) in [4.78, 5) is 19.7. The molecule has 4 nitrogen and oxygen atoms in total. The molecule has 1 saturated heterocycles. The lowest BCUT2D eigenvalue weighted by atomic mass is 9.86. The highest BCUT2D eigenvalue weighted by molar-refractivity contribution is 7.10. The van der Waals surface area contributed by atoms with Crippen LogP contribution in [-0.4, -0.2) is 27.5 Å². The van der Waals surface area contributed by atoms with E-state index in [-0.39, 0.29) is 17.3 Å². The van der Waals surface area contributed by atoms with Crippen LogP contribution in [0.5, 0.6) is 0 Å². The highest BCUT2D eigenvalue weighted by atomic mass is 32.1. The molecule has 2 aromatic heterocycles. The highest BCUT2D eigenvalue weighted by Gasteiger charge is 2.38. The van der Waals surface area contributed by atoms with Gasteiger partial charge in [-0.15, -0.1) is 11.3 Å². The SMILES string of the molecule is CCC(CC)(c1cccs1)N1CCC(n2c(=O)[nH]c3ccccc32)CC1. The summed E-state index contributed by atoms with van der Waals surface area (Å²) in [5.41, 5.74) is 2.14. The number of hydrogen-bond acceptors (Lipinski definition) is 3. The largest absolute Gasteiger partial charge is 0.326 e. The van der Waals surface area contributed by atoms with Gasteiger partial charge in [0.2, 0.25) is 0 Å². The van der Waals surface area contributed by atoms with Gasteiger partial charge >= 0.3 is 5.69 Å². The van der Waals surface area contributed by atoms with Crippen LogP contribution in [0.3, 0.4) is 0 Å². The minimum atomic E-state index is 0.0279. The minimum absolute atomic E-state index is 0.0279. The average Bonchev–Trinajstić information content (AvgIpc) is 3.31. The summed E-state index contributed by atoms with van der Waals surface area (Å²) in [6.45, 7) is 6.69. The van der Waals surface area contributed by atoms with Crippen LogP contribution in [0.25, 0.3) is 11.0 Å². The van der Waals surface area contributed by atoms with Gasteiger partial charge in [0, 0.05) is 24.0 Å². The van der Waals surface area contributed by atoms with E-state index in [1.54, 1.807) is 0 Å². The quantitative estimate of drug-likeness (QED) is 0.705. The van der Waals surface area contributed by atoms with Crippen molar-refractivity contribution in [3.63, 3.8) is 0 Å². The Balaban J connectivity index is 1.59. The third-order valence-corrected chi connectivity index (χ3v) is 7.27. The Hall–Kier alpha value is -1.85. The van der Waals surface area contributed by atoms with E-state index in [0.29, 0.717) is 0 Å². The van der Waals surface area contributed by atoms with Crippen molar-refractivity contribution in [1.29, 1.82) is 0 Å². The van der Waals surface area contributed by atoms with Crippen LogP contribution < -0.4 is 5.69 Å². The maximum absolute atomic E-state index is 12.5. The van der Waals surface area contributed by atoms with Crippen molar-refractivity contribution < 1.29 is 0 Å². The zero-order valence-electron chi connectivity index (χ0n) is 15.6. The number of para-hydroxylation sites is 2. The lowest BCUT2D eigenvalue weighted by Gasteiger charge is -2.46. The van der Waals surface area contributed by atoms with Gasteiger partial charge in [-0.2, -0.15) is 0 Å². The van der Waals surface area contributed by atoms with Crippen molar-refractivity contribution in [3.05, 3.63) is 57.1 Å². The molecule has 0 aliphatic carbocycles. The molecule has 3 heterocycles. The molecule has 1 aliphatic heterocycles. The molecule has 0 bridgehead atoms. The fourth-order valence-corrected chi connectivity index (χ4v) is 5.83. The van der Waals surface area contributed by atoms with Crippen molar-refractivity contribution >= 4 is 22.4 Å². The number of fused-ring (bicyclic) bond motifs is 1. The van der Waals surface area contributed by atoms with E-state index >= 15 is 0 Å². The smallest absolute Gasteiger partial charge is 0.306 e. The molecule has 26 heavy (non-hydrogen) atoms. The van der Waals surface area contributed by atoms with Crippen molar-refractivity contribution in [2.45, 2.75) is 51.1 Å². The van der Waals surface area contributed by atoms with Crippen LogP contribution in [0.4, 0.5) is 0 Å². The fourth-order valence-electron chi connectivity index (χ4n) is 4.73. The molecule has 0 radical (unpaired) electrons. The van der Waals surface area contributed by atoms with Gasteiger partial charge < -0.3 is 4.98 Å². The maximum atomic E-state index is 12.5. The monoisotopic (exact) mass is 369 g/mol. The molecule has 0 spiro atoms. The van der Waals surface area contributed by atoms with E-state index in [0.717, 1.165) is 49.8 Å². The van der Waals surface area contributed by atoms with E-state index in [1.165, 1.54) is 4.88 Å². The van der Waals surface area contributed by atoms with Crippen molar-refractivity contribution in [2.75, 3.05) is 13.1 Å². The average molecular weight is 370 g/mol. The number of aromatic nitrogens is 2. The molecule has 138 valence electrons. The number of nitrogens with zero attached hydrogens (tertiary/aromatic N) is 2. The molecule has 5 heteroatoms. The third kappa shape index (κ3) is 2.74. The van der Waals surface area contributed by atoms with Gasteiger partial charge in [-0.1, -0.05) is 32.0 Å². The normalized spacial score (nSPS) is 17.2. The van der Waals surface area contributed by atoms with Crippen LogP contribution >= 0.6 is 11.3 Å². The van der Waals surface area contributed by atoms with Crippen LogP contribution in [-0.2, 0) is 5.54 Å². The summed E-state index contributed by atoms with van der Waals surface area (Å²) in [6, 6.07) is 12.8. The number of piperidine rings is 1. The highest BCUT2D eigenvalue weighted by Crippen LogP contribution is 2.41. The molecule has 1 N–H and O–H groups in total. The predicted octanol–water partition coefficient (Wildman–Crippen LogP) is 4.74.